The maximum absolute atomic E-state index is 5.69. The maximum atomic E-state index is 5.69. The molecule has 0 radical (unpaired) electrons. The first-order valence-corrected chi connectivity index (χ1v) is 9.64. The first-order valence-electron chi connectivity index (χ1n) is 8.82. The molecule has 6 heteroatoms. The Kier molecular flexibility index (Phi) is 5.06. The van der Waals surface area contributed by atoms with Gasteiger partial charge in [-0.1, -0.05) is 12.1 Å². The van der Waals surface area contributed by atoms with Gasteiger partial charge in [0.05, 0.1) is 30.5 Å². The molecule has 0 amide bonds. The second-order valence-electron chi connectivity index (χ2n) is 6.32. The third-order valence-corrected chi connectivity index (χ3v) is 5.88. The quantitative estimate of drug-likeness (QED) is 0.748. The van der Waals surface area contributed by atoms with Gasteiger partial charge in [-0.3, -0.25) is 4.90 Å². The molecule has 136 valence electrons. The molecule has 1 aliphatic rings. The lowest BCUT2D eigenvalue weighted by Crippen LogP contribution is -2.45. The van der Waals surface area contributed by atoms with Gasteiger partial charge in [0, 0.05) is 31.7 Å². The Morgan fingerprint density at radius 2 is 1.88 bits per heavy atom. The van der Waals surface area contributed by atoms with Gasteiger partial charge in [-0.2, -0.15) is 0 Å². The molecular formula is C20H23N3O2S. The lowest BCUT2D eigenvalue weighted by Gasteiger charge is -2.34. The molecule has 5 nitrogen and oxygen atoms in total. The largest absolute Gasteiger partial charge is 0.497 e. The van der Waals surface area contributed by atoms with Crippen LogP contribution in [0.3, 0.4) is 0 Å². The minimum atomic E-state index is 0.0551. The number of benzene rings is 2. The molecule has 1 fully saturated rings. The summed E-state index contributed by atoms with van der Waals surface area (Å²) in [6.07, 6.45) is 0. The average molecular weight is 369 g/mol. The van der Waals surface area contributed by atoms with Crippen LogP contribution in [0.15, 0.2) is 42.5 Å². The molecule has 0 saturated carbocycles. The molecule has 3 aromatic rings. The average Bonchev–Trinajstić information content (AvgIpc) is 3.12. The number of piperazine rings is 1. The number of para-hydroxylation sites is 1. The van der Waals surface area contributed by atoms with Gasteiger partial charge in [0.15, 0.2) is 0 Å². The van der Waals surface area contributed by atoms with E-state index < -0.39 is 0 Å². The number of nitrogens with one attached hydrogen (secondary N) is 1. The molecule has 1 atom stereocenters. The maximum Gasteiger partial charge on any atom is 0.124 e. The van der Waals surface area contributed by atoms with Gasteiger partial charge in [0.2, 0.25) is 0 Å². The van der Waals surface area contributed by atoms with Crippen molar-refractivity contribution in [3.63, 3.8) is 0 Å². The fourth-order valence-electron chi connectivity index (χ4n) is 3.49. The van der Waals surface area contributed by atoms with Crippen molar-refractivity contribution in [3.05, 3.63) is 53.0 Å². The molecular weight excluding hydrogens is 346 g/mol. The fraction of sp³-hybridized carbons (Fsp3) is 0.350. The van der Waals surface area contributed by atoms with Gasteiger partial charge in [-0.25, -0.2) is 4.98 Å². The first-order chi connectivity index (χ1) is 12.8. The summed E-state index contributed by atoms with van der Waals surface area (Å²) >= 11 is 1.76. The van der Waals surface area contributed by atoms with Crippen LogP contribution in [-0.4, -0.2) is 50.3 Å². The van der Waals surface area contributed by atoms with E-state index in [0.717, 1.165) is 53.8 Å². The summed E-state index contributed by atoms with van der Waals surface area (Å²) in [6.45, 7) is 3.91. The van der Waals surface area contributed by atoms with E-state index in [4.69, 9.17) is 14.5 Å². The summed E-state index contributed by atoms with van der Waals surface area (Å²) in [5.74, 6) is 1.70. The molecule has 1 N–H and O–H groups in total. The number of ether oxygens (including phenoxy) is 2. The number of aromatic nitrogens is 1. The van der Waals surface area contributed by atoms with Crippen molar-refractivity contribution in [3.8, 4) is 11.5 Å². The number of methoxy groups -OCH3 is 2. The van der Waals surface area contributed by atoms with E-state index in [9.17, 15) is 0 Å². The van der Waals surface area contributed by atoms with Crippen molar-refractivity contribution in [2.24, 2.45) is 0 Å². The van der Waals surface area contributed by atoms with E-state index in [1.807, 2.05) is 18.2 Å². The highest BCUT2D eigenvalue weighted by Gasteiger charge is 2.29. The first kappa shape index (κ1) is 17.3. The van der Waals surface area contributed by atoms with Crippen molar-refractivity contribution >= 4 is 21.6 Å². The minimum absolute atomic E-state index is 0.0551. The summed E-state index contributed by atoms with van der Waals surface area (Å²) in [7, 11) is 3.42. The molecule has 26 heavy (non-hydrogen) atoms. The molecule has 0 aliphatic carbocycles. The Bertz CT molecular complexity index is 857. The number of nitrogens with zero attached hydrogens (tertiary/aromatic N) is 2. The predicted octanol–water partition coefficient (Wildman–Crippen LogP) is 3.31. The standard InChI is InChI=1S/C20H23N3O2S/c1-24-14-7-8-17(25-2)15(13-14)19(23-11-9-21-10-12-23)20-22-16-5-3-4-6-18(16)26-20/h3-8,13,19,21H,9-12H2,1-2H3. The van der Waals surface area contributed by atoms with E-state index in [1.54, 1.807) is 25.6 Å². The highest BCUT2D eigenvalue weighted by Crippen LogP contribution is 2.39. The van der Waals surface area contributed by atoms with Gasteiger partial charge in [0.1, 0.15) is 16.5 Å². The molecule has 1 aromatic heterocycles. The normalized spacial score (nSPS) is 16.5. The molecule has 4 rings (SSSR count). The summed E-state index contributed by atoms with van der Waals surface area (Å²) < 4.78 is 12.4. The smallest absolute Gasteiger partial charge is 0.124 e. The summed E-state index contributed by atoms with van der Waals surface area (Å²) in [6, 6.07) is 14.4. The lowest BCUT2D eigenvalue weighted by molar-refractivity contribution is 0.195. The second kappa shape index (κ2) is 7.61. The van der Waals surface area contributed by atoms with Crippen molar-refractivity contribution in [1.82, 2.24) is 15.2 Å². The van der Waals surface area contributed by atoms with Crippen LogP contribution >= 0.6 is 11.3 Å². The van der Waals surface area contributed by atoms with Crippen LogP contribution < -0.4 is 14.8 Å². The van der Waals surface area contributed by atoms with Crippen LogP contribution in [0, 0.1) is 0 Å². The number of hydrogen-bond donors (Lipinski definition) is 1. The Labute approximate surface area is 157 Å². The van der Waals surface area contributed by atoms with Gasteiger partial charge < -0.3 is 14.8 Å². The van der Waals surface area contributed by atoms with E-state index >= 15 is 0 Å². The van der Waals surface area contributed by atoms with E-state index in [1.165, 1.54) is 4.70 Å². The number of hydrogen-bond acceptors (Lipinski definition) is 6. The third-order valence-electron chi connectivity index (χ3n) is 4.79. The van der Waals surface area contributed by atoms with Crippen LogP contribution in [0.4, 0.5) is 0 Å². The van der Waals surface area contributed by atoms with E-state index in [2.05, 4.69) is 34.5 Å². The van der Waals surface area contributed by atoms with Crippen LogP contribution in [0.5, 0.6) is 11.5 Å². The lowest BCUT2D eigenvalue weighted by atomic mass is 10.0. The van der Waals surface area contributed by atoms with E-state index in [0.29, 0.717) is 0 Å². The summed E-state index contributed by atoms with van der Waals surface area (Å²) in [5, 5.41) is 4.53. The monoisotopic (exact) mass is 369 g/mol. The van der Waals surface area contributed by atoms with Crippen molar-refractivity contribution in [2.75, 3.05) is 40.4 Å². The SMILES string of the molecule is COc1ccc(OC)c(C(c2nc3ccccc3s2)N2CCNCC2)c1. The fourth-order valence-corrected chi connectivity index (χ4v) is 4.61. The van der Waals surface area contributed by atoms with Gasteiger partial charge in [-0.15, -0.1) is 11.3 Å². The molecule has 1 saturated heterocycles. The van der Waals surface area contributed by atoms with Gasteiger partial charge in [0.25, 0.3) is 0 Å². The topological polar surface area (TPSA) is 46.6 Å². The molecule has 1 unspecified atom stereocenters. The predicted molar refractivity (Wildman–Crippen MR) is 105 cm³/mol. The van der Waals surface area contributed by atoms with Crippen LogP contribution in [0.1, 0.15) is 16.6 Å². The third kappa shape index (κ3) is 3.28. The Balaban J connectivity index is 1.85. The Hall–Kier alpha value is -2.15. The zero-order chi connectivity index (χ0) is 17.9. The zero-order valence-corrected chi connectivity index (χ0v) is 15.9. The number of rotatable bonds is 5. The minimum Gasteiger partial charge on any atom is -0.497 e. The highest BCUT2D eigenvalue weighted by molar-refractivity contribution is 7.18. The van der Waals surface area contributed by atoms with Gasteiger partial charge in [-0.05, 0) is 30.3 Å². The molecule has 2 heterocycles. The van der Waals surface area contributed by atoms with Crippen molar-refractivity contribution in [2.45, 2.75) is 6.04 Å². The van der Waals surface area contributed by atoms with Crippen molar-refractivity contribution in [1.29, 1.82) is 0 Å². The summed E-state index contributed by atoms with van der Waals surface area (Å²) in [5.41, 5.74) is 2.15. The van der Waals surface area contributed by atoms with Gasteiger partial charge >= 0.3 is 0 Å². The zero-order valence-electron chi connectivity index (χ0n) is 15.1. The van der Waals surface area contributed by atoms with Crippen LogP contribution in [0.2, 0.25) is 0 Å². The van der Waals surface area contributed by atoms with Crippen LogP contribution in [-0.2, 0) is 0 Å². The highest BCUT2D eigenvalue weighted by atomic mass is 32.1. The van der Waals surface area contributed by atoms with Crippen LogP contribution in [0.25, 0.3) is 10.2 Å². The Morgan fingerprint density at radius 3 is 2.62 bits per heavy atom. The van der Waals surface area contributed by atoms with E-state index in [-0.39, 0.29) is 6.04 Å². The molecule has 0 bridgehead atoms. The number of thiazole rings is 1. The summed E-state index contributed by atoms with van der Waals surface area (Å²) in [4.78, 5) is 7.43. The Morgan fingerprint density at radius 1 is 1.08 bits per heavy atom. The van der Waals surface area contributed by atoms with Crippen molar-refractivity contribution < 1.29 is 9.47 Å². The molecule has 0 spiro atoms. The molecule has 2 aromatic carbocycles. The second-order valence-corrected chi connectivity index (χ2v) is 7.38. The number of fused-ring (bicyclic) bond motifs is 1. The molecule has 1 aliphatic heterocycles.